The Kier molecular flexibility index (Phi) is 4.30. The van der Waals surface area contributed by atoms with E-state index in [4.69, 9.17) is 0 Å². The highest BCUT2D eigenvalue weighted by Crippen LogP contribution is 2.43. The van der Waals surface area contributed by atoms with Gasteiger partial charge in [-0.05, 0) is 55.9 Å². The smallest absolute Gasteiger partial charge is 0.248 e. The molecule has 0 spiro atoms. The van der Waals surface area contributed by atoms with E-state index in [1.807, 2.05) is 37.4 Å². The van der Waals surface area contributed by atoms with Crippen molar-refractivity contribution >= 4 is 33.9 Å². The lowest BCUT2D eigenvalue weighted by molar-refractivity contribution is -0.116. The molecule has 148 valence electrons. The minimum absolute atomic E-state index is 0.112. The lowest BCUT2D eigenvalue weighted by Gasteiger charge is -2.09. The lowest BCUT2D eigenvalue weighted by Crippen LogP contribution is -2.22. The summed E-state index contributed by atoms with van der Waals surface area (Å²) in [6.07, 6.45) is 5.22. The van der Waals surface area contributed by atoms with Gasteiger partial charge in [-0.25, -0.2) is 14.6 Å². The molecule has 1 saturated carbocycles. The Bertz CT molecular complexity index is 1220. The van der Waals surface area contributed by atoms with E-state index in [0.717, 1.165) is 40.7 Å². The van der Waals surface area contributed by atoms with Crippen molar-refractivity contribution in [2.45, 2.75) is 52.1 Å². The fourth-order valence-electron chi connectivity index (χ4n) is 4.08. The van der Waals surface area contributed by atoms with Crippen LogP contribution in [0.3, 0.4) is 0 Å². The summed E-state index contributed by atoms with van der Waals surface area (Å²) >= 11 is 0. The first-order chi connectivity index (χ1) is 14.2. The van der Waals surface area contributed by atoms with Crippen LogP contribution in [0.4, 0.5) is 5.95 Å². The number of hydrogen-bond donors (Lipinski definition) is 1. The number of hydrogen-bond acceptors (Lipinski definition) is 4. The van der Waals surface area contributed by atoms with Gasteiger partial charge < -0.3 is 4.57 Å². The van der Waals surface area contributed by atoms with Crippen molar-refractivity contribution < 1.29 is 4.79 Å². The molecule has 0 unspecified atom stereocenters. The molecular formula is C22H24N6O. The minimum Gasteiger partial charge on any atom is -0.310 e. The standard InChI is InChI=1S/C22H24N6O/c1-3-12-27-18-7-5-4-6-17(18)24-22(27)25-19(29)13-28-21-20(14(2)26-28)16(10-11-23-21)15-8-9-15/h4-7,10-11,15H,3,8-9,12-13H2,1-2H3,(H,24,25,29). The van der Waals surface area contributed by atoms with Gasteiger partial charge in [-0.1, -0.05) is 19.1 Å². The number of para-hydroxylation sites is 2. The van der Waals surface area contributed by atoms with Gasteiger partial charge in [0.05, 0.1) is 16.7 Å². The first-order valence-electron chi connectivity index (χ1n) is 10.2. The summed E-state index contributed by atoms with van der Waals surface area (Å²) in [7, 11) is 0. The fraction of sp³-hybridized carbons (Fsp3) is 0.364. The van der Waals surface area contributed by atoms with Crippen LogP contribution in [-0.4, -0.2) is 30.2 Å². The van der Waals surface area contributed by atoms with Gasteiger partial charge in [0.25, 0.3) is 0 Å². The van der Waals surface area contributed by atoms with E-state index in [1.165, 1.54) is 18.4 Å². The van der Waals surface area contributed by atoms with Crippen molar-refractivity contribution in [3.8, 4) is 0 Å². The minimum atomic E-state index is -0.152. The summed E-state index contributed by atoms with van der Waals surface area (Å²) in [5.74, 6) is 1.04. The van der Waals surface area contributed by atoms with Gasteiger partial charge in [0, 0.05) is 18.1 Å². The molecule has 0 atom stereocenters. The van der Waals surface area contributed by atoms with E-state index in [2.05, 4.69) is 37.9 Å². The van der Waals surface area contributed by atoms with Crippen LogP contribution in [0.1, 0.15) is 43.4 Å². The zero-order valence-electron chi connectivity index (χ0n) is 16.7. The van der Waals surface area contributed by atoms with E-state index < -0.39 is 0 Å². The van der Waals surface area contributed by atoms with Gasteiger partial charge in [0.15, 0.2) is 5.65 Å². The number of pyridine rings is 1. The average molecular weight is 388 g/mol. The van der Waals surface area contributed by atoms with Crippen molar-refractivity contribution in [1.82, 2.24) is 24.3 Å². The van der Waals surface area contributed by atoms with Gasteiger partial charge in [-0.3, -0.25) is 10.1 Å². The molecule has 5 rings (SSSR count). The topological polar surface area (TPSA) is 77.6 Å². The first-order valence-corrected chi connectivity index (χ1v) is 10.2. The van der Waals surface area contributed by atoms with E-state index in [-0.39, 0.29) is 12.5 Å². The first kappa shape index (κ1) is 17.8. The summed E-state index contributed by atoms with van der Waals surface area (Å²) < 4.78 is 3.77. The molecule has 3 heterocycles. The number of nitrogens with one attached hydrogen (secondary N) is 1. The molecule has 1 aromatic carbocycles. The zero-order valence-corrected chi connectivity index (χ0v) is 16.7. The summed E-state index contributed by atoms with van der Waals surface area (Å²) in [6, 6.07) is 10.0. The molecule has 1 aliphatic carbocycles. The largest absolute Gasteiger partial charge is 0.310 e. The lowest BCUT2D eigenvalue weighted by atomic mass is 10.1. The summed E-state index contributed by atoms with van der Waals surface area (Å²) in [6.45, 7) is 5.01. The molecule has 4 aromatic rings. The predicted molar refractivity (Wildman–Crippen MR) is 113 cm³/mol. The number of carbonyl (C=O) groups excluding carboxylic acids is 1. The maximum atomic E-state index is 12.8. The molecule has 29 heavy (non-hydrogen) atoms. The zero-order chi connectivity index (χ0) is 20.0. The third-order valence-electron chi connectivity index (χ3n) is 5.50. The third-order valence-corrected chi connectivity index (χ3v) is 5.50. The highest BCUT2D eigenvalue weighted by Gasteiger charge is 2.27. The van der Waals surface area contributed by atoms with Gasteiger partial charge in [-0.15, -0.1) is 0 Å². The number of carbonyl (C=O) groups is 1. The number of nitrogens with zero attached hydrogens (tertiary/aromatic N) is 5. The van der Waals surface area contributed by atoms with Crippen LogP contribution in [0.15, 0.2) is 36.5 Å². The quantitative estimate of drug-likeness (QED) is 0.541. The molecule has 3 aromatic heterocycles. The molecule has 1 aliphatic rings. The number of imidazole rings is 1. The number of amides is 1. The fourth-order valence-corrected chi connectivity index (χ4v) is 4.08. The van der Waals surface area contributed by atoms with Gasteiger partial charge >= 0.3 is 0 Å². The van der Waals surface area contributed by atoms with Crippen molar-refractivity contribution in [1.29, 1.82) is 0 Å². The van der Waals surface area contributed by atoms with E-state index in [9.17, 15) is 4.79 Å². The second-order valence-electron chi connectivity index (χ2n) is 7.74. The van der Waals surface area contributed by atoms with E-state index >= 15 is 0 Å². The molecule has 0 aliphatic heterocycles. The SMILES string of the molecule is CCCn1c(NC(=O)Cn2nc(C)c3c(C4CC4)ccnc32)nc2ccccc21. The highest BCUT2D eigenvalue weighted by atomic mass is 16.2. The van der Waals surface area contributed by atoms with Crippen LogP contribution < -0.4 is 5.32 Å². The molecule has 1 N–H and O–H groups in total. The Morgan fingerprint density at radius 1 is 1.24 bits per heavy atom. The number of rotatable bonds is 6. The maximum Gasteiger partial charge on any atom is 0.248 e. The summed E-state index contributed by atoms with van der Waals surface area (Å²) in [5, 5.41) is 8.69. The number of fused-ring (bicyclic) bond motifs is 2. The Balaban J connectivity index is 1.44. The molecule has 1 amide bonds. The Hall–Kier alpha value is -3.22. The Morgan fingerprint density at radius 2 is 2.07 bits per heavy atom. The van der Waals surface area contributed by atoms with Crippen LogP contribution >= 0.6 is 0 Å². The van der Waals surface area contributed by atoms with Crippen LogP contribution in [0, 0.1) is 6.92 Å². The van der Waals surface area contributed by atoms with Gasteiger partial charge in [-0.2, -0.15) is 5.10 Å². The Morgan fingerprint density at radius 3 is 2.86 bits per heavy atom. The Labute approximate surface area is 168 Å². The maximum absolute atomic E-state index is 12.8. The predicted octanol–water partition coefficient (Wildman–Crippen LogP) is 4.02. The third kappa shape index (κ3) is 3.16. The van der Waals surface area contributed by atoms with Crippen molar-refractivity contribution in [2.75, 3.05) is 5.32 Å². The van der Waals surface area contributed by atoms with E-state index in [0.29, 0.717) is 11.9 Å². The highest BCUT2D eigenvalue weighted by molar-refractivity contribution is 5.92. The summed E-state index contributed by atoms with van der Waals surface area (Å²) in [5.41, 5.74) is 4.93. The van der Waals surface area contributed by atoms with Crippen LogP contribution in [0.2, 0.25) is 0 Å². The molecule has 7 nitrogen and oxygen atoms in total. The van der Waals surface area contributed by atoms with Crippen LogP contribution in [0.5, 0.6) is 0 Å². The van der Waals surface area contributed by atoms with Crippen molar-refractivity contribution in [3.05, 3.63) is 47.8 Å². The number of anilines is 1. The average Bonchev–Trinajstić information content (AvgIpc) is 3.45. The van der Waals surface area contributed by atoms with E-state index in [1.54, 1.807) is 4.68 Å². The molecule has 0 saturated heterocycles. The van der Waals surface area contributed by atoms with Crippen LogP contribution in [0.25, 0.3) is 22.1 Å². The second-order valence-corrected chi connectivity index (χ2v) is 7.74. The number of aryl methyl sites for hydroxylation is 2. The second kappa shape index (κ2) is 6.99. The number of aromatic nitrogens is 5. The molecule has 1 fully saturated rings. The number of benzene rings is 1. The molecule has 0 bridgehead atoms. The van der Waals surface area contributed by atoms with Gasteiger partial charge in [0.1, 0.15) is 6.54 Å². The molecule has 7 heteroatoms. The normalized spacial score (nSPS) is 14.0. The monoisotopic (exact) mass is 388 g/mol. The molecule has 0 radical (unpaired) electrons. The van der Waals surface area contributed by atoms with Crippen molar-refractivity contribution in [2.24, 2.45) is 0 Å². The molecular weight excluding hydrogens is 364 g/mol. The summed E-state index contributed by atoms with van der Waals surface area (Å²) in [4.78, 5) is 22.0. The van der Waals surface area contributed by atoms with Crippen LogP contribution in [-0.2, 0) is 17.9 Å². The van der Waals surface area contributed by atoms with Gasteiger partial charge in [0.2, 0.25) is 11.9 Å². The van der Waals surface area contributed by atoms with Crippen molar-refractivity contribution in [3.63, 3.8) is 0 Å².